The topological polar surface area (TPSA) is 43.9 Å². The van der Waals surface area contributed by atoms with E-state index in [9.17, 15) is 14.0 Å². The van der Waals surface area contributed by atoms with E-state index in [4.69, 9.17) is 0 Å². The summed E-state index contributed by atoms with van der Waals surface area (Å²) >= 11 is 1.56. The summed E-state index contributed by atoms with van der Waals surface area (Å²) in [7, 11) is 1.94. The third-order valence-corrected chi connectivity index (χ3v) is 6.12. The maximum Gasteiger partial charge on any atom is 0.254 e. The highest BCUT2D eigenvalue weighted by Gasteiger charge is 2.48. The van der Waals surface area contributed by atoms with Crippen molar-refractivity contribution in [2.75, 3.05) is 38.1 Å². The van der Waals surface area contributed by atoms with E-state index in [1.807, 2.05) is 28.8 Å². The smallest absolute Gasteiger partial charge is 0.254 e. The van der Waals surface area contributed by atoms with E-state index in [2.05, 4.69) is 4.90 Å². The maximum absolute atomic E-state index is 13.5. The molecule has 2 aliphatic rings. The van der Waals surface area contributed by atoms with Gasteiger partial charge in [0.05, 0.1) is 17.8 Å². The molecule has 2 aliphatic heterocycles. The van der Waals surface area contributed by atoms with Crippen molar-refractivity contribution in [1.82, 2.24) is 9.80 Å². The zero-order chi connectivity index (χ0) is 18.3. The minimum Gasteiger partial charge on any atom is -0.337 e. The number of piperazine rings is 1. The van der Waals surface area contributed by atoms with Gasteiger partial charge in [0.2, 0.25) is 5.91 Å². The van der Waals surface area contributed by atoms with Crippen LogP contribution in [0.15, 0.2) is 41.1 Å². The fourth-order valence-corrected chi connectivity index (χ4v) is 4.52. The second-order valence-electron chi connectivity index (χ2n) is 7.03. The quantitative estimate of drug-likeness (QED) is 0.812. The summed E-state index contributed by atoms with van der Waals surface area (Å²) in [5.74, 6) is -0.492. The second-order valence-corrected chi connectivity index (χ2v) is 7.81. The predicted molar refractivity (Wildman–Crippen MR) is 99.0 cm³/mol. The lowest BCUT2D eigenvalue weighted by molar-refractivity contribution is -0.123. The van der Waals surface area contributed by atoms with Crippen molar-refractivity contribution in [3.8, 4) is 0 Å². The van der Waals surface area contributed by atoms with Crippen LogP contribution < -0.4 is 4.90 Å². The number of benzene rings is 1. The lowest BCUT2D eigenvalue weighted by atomic mass is 9.93. The minimum atomic E-state index is -0.409. The molecule has 136 valence electrons. The Morgan fingerprint density at radius 2 is 2.12 bits per heavy atom. The van der Waals surface area contributed by atoms with Gasteiger partial charge in [-0.3, -0.25) is 14.5 Å². The lowest BCUT2D eigenvalue weighted by Crippen LogP contribution is -2.64. The molecule has 1 aromatic carbocycles. The van der Waals surface area contributed by atoms with E-state index < -0.39 is 5.82 Å². The van der Waals surface area contributed by atoms with Gasteiger partial charge in [-0.05, 0) is 43.1 Å². The highest BCUT2D eigenvalue weighted by molar-refractivity contribution is 7.08. The Bertz CT molecular complexity index is 841. The van der Waals surface area contributed by atoms with Crippen LogP contribution in [0.25, 0.3) is 0 Å². The zero-order valence-electron chi connectivity index (χ0n) is 14.5. The molecule has 2 aromatic rings. The van der Waals surface area contributed by atoms with Gasteiger partial charge in [-0.1, -0.05) is 6.07 Å². The van der Waals surface area contributed by atoms with Crippen molar-refractivity contribution in [3.63, 3.8) is 0 Å². The van der Waals surface area contributed by atoms with E-state index in [0.29, 0.717) is 31.7 Å². The van der Waals surface area contributed by atoms with Crippen LogP contribution in [-0.4, -0.2) is 60.4 Å². The molecule has 2 amide bonds. The molecule has 0 unspecified atom stereocenters. The van der Waals surface area contributed by atoms with Crippen molar-refractivity contribution in [2.24, 2.45) is 0 Å². The van der Waals surface area contributed by atoms with Crippen molar-refractivity contribution in [1.29, 1.82) is 0 Å². The van der Waals surface area contributed by atoms with Crippen LogP contribution in [0.2, 0.25) is 0 Å². The van der Waals surface area contributed by atoms with Crippen molar-refractivity contribution in [3.05, 3.63) is 52.5 Å². The Kier molecular flexibility index (Phi) is 4.28. The number of nitrogens with zero attached hydrogens (tertiary/aromatic N) is 3. The Balaban J connectivity index is 1.55. The van der Waals surface area contributed by atoms with Crippen molar-refractivity contribution >= 4 is 28.8 Å². The fraction of sp³-hybridized carbons (Fsp3) is 0.368. The van der Waals surface area contributed by atoms with E-state index in [-0.39, 0.29) is 17.4 Å². The molecule has 26 heavy (non-hydrogen) atoms. The molecule has 1 atom stereocenters. The van der Waals surface area contributed by atoms with Gasteiger partial charge in [-0.15, -0.1) is 0 Å². The number of rotatable bonds is 2. The summed E-state index contributed by atoms with van der Waals surface area (Å²) in [5.41, 5.74) is 1.02. The number of likely N-dealkylation sites (tertiary alicyclic amines) is 1. The molecule has 4 rings (SSSR count). The lowest BCUT2D eigenvalue weighted by Gasteiger charge is -2.46. The first-order chi connectivity index (χ1) is 12.5. The number of carbonyl (C=O) groups excluding carboxylic acids is 2. The van der Waals surface area contributed by atoms with Crippen LogP contribution >= 0.6 is 11.3 Å². The number of hydrogen-bond acceptors (Lipinski definition) is 4. The third kappa shape index (κ3) is 2.91. The Labute approximate surface area is 155 Å². The summed E-state index contributed by atoms with van der Waals surface area (Å²) in [6.07, 6.45) is 0.790. The number of likely N-dealkylation sites (N-methyl/N-ethyl adjacent to an activating group) is 1. The van der Waals surface area contributed by atoms with E-state index in [1.54, 1.807) is 28.4 Å². The summed E-state index contributed by atoms with van der Waals surface area (Å²) < 4.78 is 13.5. The van der Waals surface area contributed by atoms with Gasteiger partial charge in [0, 0.05) is 30.6 Å². The molecular formula is C19H20FN3O2S. The molecular weight excluding hydrogens is 353 g/mol. The summed E-state index contributed by atoms with van der Waals surface area (Å²) in [6.45, 7) is 2.03. The molecule has 1 aromatic heterocycles. The van der Waals surface area contributed by atoms with Crippen LogP contribution in [0.1, 0.15) is 16.8 Å². The van der Waals surface area contributed by atoms with Gasteiger partial charge in [0.25, 0.3) is 5.91 Å². The Hall–Kier alpha value is -2.25. The summed E-state index contributed by atoms with van der Waals surface area (Å²) in [4.78, 5) is 30.9. The fourth-order valence-electron chi connectivity index (χ4n) is 3.88. The standard InChI is InChI=1S/C19H20FN3O2S/c1-21-10-17(24)23(16-5-8-26-11-16)13-19(21)6-7-22(12-19)18(25)14-3-2-4-15(20)9-14/h2-5,8-9,11H,6-7,10,12-13H2,1H3/t19-/m0/s1. The highest BCUT2D eigenvalue weighted by Crippen LogP contribution is 2.34. The largest absolute Gasteiger partial charge is 0.337 e. The molecule has 2 fully saturated rings. The van der Waals surface area contributed by atoms with Gasteiger partial charge >= 0.3 is 0 Å². The molecule has 0 saturated carbocycles. The number of thiophene rings is 1. The minimum absolute atomic E-state index is 0.0754. The third-order valence-electron chi connectivity index (χ3n) is 5.44. The monoisotopic (exact) mass is 373 g/mol. The molecule has 2 saturated heterocycles. The van der Waals surface area contributed by atoms with Gasteiger partial charge in [0.15, 0.2) is 0 Å². The Morgan fingerprint density at radius 1 is 1.27 bits per heavy atom. The van der Waals surface area contributed by atoms with E-state index >= 15 is 0 Å². The van der Waals surface area contributed by atoms with Gasteiger partial charge in [-0.25, -0.2) is 4.39 Å². The maximum atomic E-state index is 13.5. The molecule has 3 heterocycles. The van der Waals surface area contributed by atoms with E-state index in [1.165, 1.54) is 12.1 Å². The van der Waals surface area contributed by atoms with Crippen LogP contribution in [0, 0.1) is 5.82 Å². The van der Waals surface area contributed by atoms with Crippen LogP contribution in [-0.2, 0) is 4.79 Å². The molecule has 0 N–H and O–H groups in total. The second kappa shape index (κ2) is 6.48. The Morgan fingerprint density at radius 3 is 2.85 bits per heavy atom. The first kappa shape index (κ1) is 17.2. The zero-order valence-corrected chi connectivity index (χ0v) is 15.3. The van der Waals surface area contributed by atoms with Crippen LogP contribution in [0.3, 0.4) is 0 Å². The van der Waals surface area contributed by atoms with Crippen LogP contribution in [0.4, 0.5) is 10.1 Å². The predicted octanol–water partition coefficient (Wildman–Crippen LogP) is 2.45. The number of carbonyl (C=O) groups is 2. The molecule has 0 bridgehead atoms. The molecule has 5 nitrogen and oxygen atoms in total. The summed E-state index contributed by atoms with van der Waals surface area (Å²) in [6, 6.07) is 7.76. The highest BCUT2D eigenvalue weighted by atomic mass is 32.1. The van der Waals surface area contributed by atoms with Crippen molar-refractivity contribution < 1.29 is 14.0 Å². The summed E-state index contributed by atoms with van der Waals surface area (Å²) in [5, 5.41) is 3.93. The molecule has 0 aliphatic carbocycles. The van der Waals surface area contributed by atoms with Gasteiger partial charge in [0.1, 0.15) is 5.82 Å². The number of anilines is 1. The van der Waals surface area contributed by atoms with Gasteiger partial charge in [-0.2, -0.15) is 11.3 Å². The molecule has 1 spiro atoms. The SMILES string of the molecule is CN1CC(=O)N(c2ccsc2)C[C@@]12CCN(C(=O)c1cccc(F)c1)C2. The normalized spacial score (nSPS) is 23.8. The van der Waals surface area contributed by atoms with E-state index in [0.717, 1.165) is 12.1 Å². The molecule has 0 radical (unpaired) electrons. The van der Waals surface area contributed by atoms with Gasteiger partial charge < -0.3 is 9.80 Å². The number of amides is 2. The van der Waals surface area contributed by atoms with Crippen LogP contribution in [0.5, 0.6) is 0 Å². The average Bonchev–Trinajstić information content (AvgIpc) is 3.29. The first-order valence-corrected chi connectivity index (χ1v) is 9.51. The first-order valence-electron chi connectivity index (χ1n) is 8.57. The number of halogens is 1. The average molecular weight is 373 g/mol. The molecule has 7 heteroatoms. The number of hydrogen-bond donors (Lipinski definition) is 0. The van der Waals surface area contributed by atoms with Crippen molar-refractivity contribution in [2.45, 2.75) is 12.0 Å².